The number of ether oxygens (including phenoxy) is 2. The summed E-state index contributed by atoms with van der Waals surface area (Å²) in [7, 11) is 1.56. The minimum atomic E-state index is -0.560. The lowest BCUT2D eigenvalue weighted by atomic mass is 10.0. The number of esters is 2. The van der Waals surface area contributed by atoms with Gasteiger partial charge in [0.05, 0.1) is 19.1 Å². The van der Waals surface area contributed by atoms with Crippen molar-refractivity contribution >= 4 is 17.8 Å². The summed E-state index contributed by atoms with van der Waals surface area (Å²) < 4.78 is 9.62. The zero-order valence-corrected chi connectivity index (χ0v) is 12.3. The SMILES string of the molecule is CCOC(=O)CC(=O)N(C)C(C)C(C)C(=O)OCC. The van der Waals surface area contributed by atoms with E-state index >= 15 is 0 Å². The number of carbonyl (C=O) groups excluding carboxylic acids is 3. The Morgan fingerprint density at radius 1 is 1.05 bits per heavy atom. The minimum absolute atomic E-state index is 0.241. The third-order valence-electron chi connectivity index (χ3n) is 2.99. The molecule has 6 heteroatoms. The van der Waals surface area contributed by atoms with Gasteiger partial charge in [-0.2, -0.15) is 0 Å². The second kappa shape index (κ2) is 8.50. The molecule has 0 aromatic heterocycles. The highest BCUT2D eigenvalue weighted by molar-refractivity contribution is 5.94. The summed E-state index contributed by atoms with van der Waals surface area (Å²) in [6.07, 6.45) is -0.315. The third-order valence-corrected chi connectivity index (χ3v) is 2.99. The first-order valence-corrected chi connectivity index (χ1v) is 6.43. The first-order valence-electron chi connectivity index (χ1n) is 6.43. The minimum Gasteiger partial charge on any atom is -0.466 e. The van der Waals surface area contributed by atoms with E-state index in [4.69, 9.17) is 9.47 Å². The predicted octanol–water partition coefficient (Wildman–Crippen LogP) is 0.986. The number of amides is 1. The van der Waals surface area contributed by atoms with Crippen LogP contribution in [0, 0.1) is 5.92 Å². The van der Waals surface area contributed by atoms with E-state index in [1.54, 1.807) is 34.7 Å². The van der Waals surface area contributed by atoms with Crippen LogP contribution >= 0.6 is 0 Å². The molecular formula is C13H23NO5. The van der Waals surface area contributed by atoms with Crippen molar-refractivity contribution < 1.29 is 23.9 Å². The Morgan fingerprint density at radius 3 is 2.05 bits per heavy atom. The maximum atomic E-state index is 11.8. The van der Waals surface area contributed by atoms with Gasteiger partial charge in [0.25, 0.3) is 0 Å². The summed E-state index contributed by atoms with van der Waals surface area (Å²) in [5.41, 5.74) is 0. The van der Waals surface area contributed by atoms with Gasteiger partial charge in [0.2, 0.25) is 5.91 Å². The van der Waals surface area contributed by atoms with Crippen LogP contribution in [0.15, 0.2) is 0 Å². The van der Waals surface area contributed by atoms with Gasteiger partial charge < -0.3 is 14.4 Å². The molecule has 0 aliphatic rings. The van der Waals surface area contributed by atoms with Gasteiger partial charge in [0.1, 0.15) is 6.42 Å². The zero-order valence-electron chi connectivity index (χ0n) is 12.3. The van der Waals surface area contributed by atoms with Gasteiger partial charge in [0.15, 0.2) is 0 Å². The molecule has 0 heterocycles. The Balaban J connectivity index is 4.46. The van der Waals surface area contributed by atoms with Crippen LogP contribution in [0.4, 0.5) is 0 Å². The largest absolute Gasteiger partial charge is 0.466 e. The lowest BCUT2D eigenvalue weighted by Crippen LogP contribution is -2.42. The van der Waals surface area contributed by atoms with Crippen molar-refractivity contribution in [2.75, 3.05) is 20.3 Å². The molecular weight excluding hydrogens is 250 g/mol. The first-order chi connectivity index (χ1) is 8.84. The van der Waals surface area contributed by atoms with Gasteiger partial charge >= 0.3 is 11.9 Å². The summed E-state index contributed by atoms with van der Waals surface area (Å²) in [6.45, 7) is 7.38. The Bertz CT molecular complexity index is 329. The highest BCUT2D eigenvalue weighted by Gasteiger charge is 2.28. The molecule has 0 aromatic carbocycles. The standard InChI is InChI=1S/C13H23NO5/c1-6-18-12(16)8-11(15)14(5)10(4)9(3)13(17)19-7-2/h9-10H,6-8H2,1-5H3. The van der Waals surface area contributed by atoms with E-state index < -0.39 is 11.9 Å². The molecule has 0 rings (SSSR count). The smallest absolute Gasteiger partial charge is 0.315 e. The van der Waals surface area contributed by atoms with Crippen LogP contribution in [-0.4, -0.2) is 49.0 Å². The second-order valence-electron chi connectivity index (χ2n) is 4.27. The highest BCUT2D eigenvalue weighted by Crippen LogP contribution is 2.12. The molecule has 0 aliphatic heterocycles. The van der Waals surface area contributed by atoms with Crippen LogP contribution in [0.1, 0.15) is 34.1 Å². The summed E-state index contributed by atoms with van der Waals surface area (Å²) in [5.74, 6) is -1.74. The molecule has 0 aromatic rings. The lowest BCUT2D eigenvalue weighted by Gasteiger charge is -2.28. The molecule has 2 atom stereocenters. The fourth-order valence-corrected chi connectivity index (χ4v) is 1.49. The Kier molecular flexibility index (Phi) is 7.79. The second-order valence-corrected chi connectivity index (χ2v) is 4.27. The van der Waals surface area contributed by atoms with Gasteiger partial charge in [-0.05, 0) is 27.7 Å². The highest BCUT2D eigenvalue weighted by atomic mass is 16.5. The van der Waals surface area contributed by atoms with E-state index in [2.05, 4.69) is 0 Å². The van der Waals surface area contributed by atoms with E-state index in [1.165, 1.54) is 4.90 Å². The molecule has 0 saturated carbocycles. The molecule has 0 aliphatic carbocycles. The molecule has 6 nitrogen and oxygen atoms in total. The Labute approximate surface area is 114 Å². The monoisotopic (exact) mass is 273 g/mol. The number of nitrogens with zero attached hydrogens (tertiary/aromatic N) is 1. The number of hydrogen-bond donors (Lipinski definition) is 0. The van der Waals surface area contributed by atoms with E-state index in [0.29, 0.717) is 6.61 Å². The Morgan fingerprint density at radius 2 is 1.58 bits per heavy atom. The molecule has 0 spiro atoms. The van der Waals surface area contributed by atoms with E-state index in [-0.39, 0.29) is 30.9 Å². The maximum absolute atomic E-state index is 11.8. The first kappa shape index (κ1) is 17.4. The van der Waals surface area contributed by atoms with Crippen LogP contribution in [0.3, 0.4) is 0 Å². The van der Waals surface area contributed by atoms with Crippen molar-refractivity contribution in [2.45, 2.75) is 40.2 Å². The van der Waals surface area contributed by atoms with Crippen LogP contribution in [0.25, 0.3) is 0 Å². The summed E-state index contributed by atoms with van der Waals surface area (Å²) in [6, 6.07) is -0.346. The normalized spacial score (nSPS) is 13.3. The van der Waals surface area contributed by atoms with Crippen molar-refractivity contribution in [1.82, 2.24) is 4.90 Å². The maximum Gasteiger partial charge on any atom is 0.315 e. The molecule has 0 saturated heterocycles. The molecule has 0 radical (unpaired) electrons. The quantitative estimate of drug-likeness (QED) is 0.511. The summed E-state index contributed by atoms with van der Waals surface area (Å²) in [5, 5.41) is 0. The summed E-state index contributed by atoms with van der Waals surface area (Å²) in [4.78, 5) is 36.0. The summed E-state index contributed by atoms with van der Waals surface area (Å²) >= 11 is 0. The topological polar surface area (TPSA) is 72.9 Å². The van der Waals surface area contributed by atoms with E-state index in [9.17, 15) is 14.4 Å². The van der Waals surface area contributed by atoms with Crippen molar-refractivity contribution in [2.24, 2.45) is 5.92 Å². The number of hydrogen-bond acceptors (Lipinski definition) is 5. The van der Waals surface area contributed by atoms with Crippen molar-refractivity contribution in [3.8, 4) is 0 Å². The molecule has 0 N–H and O–H groups in total. The van der Waals surface area contributed by atoms with Crippen molar-refractivity contribution in [3.63, 3.8) is 0 Å². The van der Waals surface area contributed by atoms with Gasteiger partial charge in [-0.3, -0.25) is 14.4 Å². The van der Waals surface area contributed by atoms with Crippen molar-refractivity contribution in [1.29, 1.82) is 0 Å². The average Bonchev–Trinajstić information content (AvgIpc) is 2.36. The van der Waals surface area contributed by atoms with Gasteiger partial charge in [-0.25, -0.2) is 0 Å². The molecule has 110 valence electrons. The molecule has 0 fully saturated rings. The number of rotatable bonds is 7. The molecule has 1 amide bonds. The Hall–Kier alpha value is -1.59. The van der Waals surface area contributed by atoms with Gasteiger partial charge in [-0.1, -0.05) is 0 Å². The van der Waals surface area contributed by atoms with Crippen molar-refractivity contribution in [3.05, 3.63) is 0 Å². The average molecular weight is 273 g/mol. The fourth-order valence-electron chi connectivity index (χ4n) is 1.49. The lowest BCUT2D eigenvalue weighted by molar-refractivity contribution is -0.152. The molecule has 0 bridgehead atoms. The van der Waals surface area contributed by atoms with Crippen LogP contribution < -0.4 is 0 Å². The molecule has 19 heavy (non-hydrogen) atoms. The third kappa shape index (κ3) is 5.72. The van der Waals surface area contributed by atoms with Gasteiger partial charge in [0, 0.05) is 13.1 Å². The zero-order chi connectivity index (χ0) is 15.0. The number of carbonyl (C=O) groups is 3. The molecule has 2 unspecified atom stereocenters. The van der Waals surface area contributed by atoms with Gasteiger partial charge in [-0.15, -0.1) is 0 Å². The predicted molar refractivity (Wildman–Crippen MR) is 69.3 cm³/mol. The van der Waals surface area contributed by atoms with E-state index in [0.717, 1.165) is 0 Å². The van der Waals surface area contributed by atoms with Crippen LogP contribution in [0.5, 0.6) is 0 Å². The van der Waals surface area contributed by atoms with Crippen LogP contribution in [-0.2, 0) is 23.9 Å². The van der Waals surface area contributed by atoms with Crippen LogP contribution in [0.2, 0.25) is 0 Å². The van der Waals surface area contributed by atoms with E-state index in [1.807, 2.05) is 0 Å². The fraction of sp³-hybridized carbons (Fsp3) is 0.769.